The number of rotatable bonds is 8. The molecule has 4 heteroatoms. The Bertz CT molecular complexity index is 644. The van der Waals surface area contributed by atoms with Crippen LogP contribution in [0.1, 0.15) is 57.9 Å². The van der Waals surface area contributed by atoms with Crippen LogP contribution in [0, 0.1) is 24.5 Å². The molecular weight excluding hydrogens is 334 g/mol. The highest BCUT2D eigenvalue weighted by atomic mass is 19.2. The number of ether oxygens (including phenoxy) is 2. The third-order valence-corrected chi connectivity index (χ3v) is 4.87. The topological polar surface area (TPSA) is 18.5 Å². The molecule has 1 saturated carbocycles. The van der Waals surface area contributed by atoms with Gasteiger partial charge in [0, 0.05) is 0 Å². The lowest BCUT2D eigenvalue weighted by atomic mass is 9.83. The molecule has 0 amide bonds. The number of allylic oxidation sites excluding steroid dienone is 3. The van der Waals surface area contributed by atoms with Gasteiger partial charge in [-0.3, -0.25) is 0 Å². The predicted molar refractivity (Wildman–Crippen MR) is 102 cm³/mol. The van der Waals surface area contributed by atoms with Gasteiger partial charge in [-0.05, 0) is 63.2 Å². The fourth-order valence-electron chi connectivity index (χ4n) is 3.49. The molecule has 1 aromatic carbocycles. The van der Waals surface area contributed by atoms with E-state index in [1.807, 2.05) is 0 Å². The van der Waals surface area contributed by atoms with Crippen LogP contribution in [-0.2, 0) is 0 Å². The smallest absolute Gasteiger partial charge is 0.204 e. The van der Waals surface area contributed by atoms with Gasteiger partial charge in [0.05, 0.1) is 13.2 Å². The van der Waals surface area contributed by atoms with E-state index in [1.54, 1.807) is 13.8 Å². The van der Waals surface area contributed by atoms with Gasteiger partial charge in [-0.2, -0.15) is 8.78 Å². The van der Waals surface area contributed by atoms with Gasteiger partial charge < -0.3 is 9.47 Å². The molecule has 0 atom stereocenters. The van der Waals surface area contributed by atoms with E-state index in [1.165, 1.54) is 43.7 Å². The quantitative estimate of drug-likeness (QED) is 0.386. The van der Waals surface area contributed by atoms with Crippen molar-refractivity contribution in [3.63, 3.8) is 0 Å². The molecule has 1 fully saturated rings. The van der Waals surface area contributed by atoms with Gasteiger partial charge in [-0.1, -0.05) is 37.5 Å². The van der Waals surface area contributed by atoms with Crippen molar-refractivity contribution in [3.8, 4) is 11.5 Å². The van der Waals surface area contributed by atoms with E-state index in [-0.39, 0.29) is 18.1 Å². The highest BCUT2D eigenvalue weighted by molar-refractivity contribution is 5.42. The van der Waals surface area contributed by atoms with E-state index in [4.69, 9.17) is 9.47 Å². The van der Waals surface area contributed by atoms with Crippen LogP contribution in [0.25, 0.3) is 0 Å². The summed E-state index contributed by atoms with van der Waals surface area (Å²) in [6.45, 7) is 6.09. The van der Waals surface area contributed by atoms with Crippen LogP contribution in [0.5, 0.6) is 11.5 Å². The average Bonchev–Trinajstić information content (AvgIpc) is 2.66. The second-order valence-electron chi connectivity index (χ2n) is 6.74. The summed E-state index contributed by atoms with van der Waals surface area (Å²) in [5, 5.41) is 0. The summed E-state index contributed by atoms with van der Waals surface area (Å²) in [5.41, 5.74) is 1.91. The van der Waals surface area contributed by atoms with Crippen LogP contribution in [0.4, 0.5) is 8.78 Å². The molecule has 1 aromatic rings. The van der Waals surface area contributed by atoms with Gasteiger partial charge >= 0.3 is 0 Å². The fourth-order valence-corrected chi connectivity index (χ4v) is 3.49. The van der Waals surface area contributed by atoms with Crippen molar-refractivity contribution >= 4 is 0 Å². The van der Waals surface area contributed by atoms with Crippen LogP contribution in [-0.4, -0.2) is 13.2 Å². The zero-order valence-corrected chi connectivity index (χ0v) is 16.1. The molecule has 2 nitrogen and oxygen atoms in total. The summed E-state index contributed by atoms with van der Waals surface area (Å²) in [6, 6.07) is 1.49. The lowest BCUT2D eigenvalue weighted by Gasteiger charge is -2.22. The molecule has 144 valence electrons. The molecule has 0 aliphatic heterocycles. The van der Waals surface area contributed by atoms with E-state index < -0.39 is 11.6 Å². The minimum Gasteiger partial charge on any atom is -0.490 e. The maximum Gasteiger partial charge on any atom is 0.204 e. The Morgan fingerprint density at radius 2 is 1.88 bits per heavy atom. The third-order valence-electron chi connectivity index (χ3n) is 4.87. The number of hydrogen-bond acceptors (Lipinski definition) is 2. The first-order chi connectivity index (χ1) is 12.6. The molecule has 0 bridgehead atoms. The van der Waals surface area contributed by atoms with Crippen molar-refractivity contribution in [2.45, 2.75) is 59.3 Å². The molecule has 0 aromatic heterocycles. The minimum atomic E-state index is -0.987. The Morgan fingerprint density at radius 1 is 1.15 bits per heavy atom. The molecule has 1 aliphatic rings. The van der Waals surface area contributed by atoms with E-state index >= 15 is 0 Å². The summed E-state index contributed by atoms with van der Waals surface area (Å²) in [4.78, 5) is 0. The van der Waals surface area contributed by atoms with Crippen molar-refractivity contribution in [3.05, 3.63) is 47.1 Å². The summed E-state index contributed by atoms with van der Waals surface area (Å²) in [5.74, 6) is -1.41. The molecule has 0 saturated heterocycles. The van der Waals surface area contributed by atoms with Crippen molar-refractivity contribution in [1.29, 1.82) is 0 Å². The number of benzene rings is 1. The minimum absolute atomic E-state index is 0.0394. The SMILES string of the molecule is C/C=C(\C=C/CCOc1cc(C)c(OCC)c(F)c1F)C1CCCCC1. The van der Waals surface area contributed by atoms with Crippen LogP contribution < -0.4 is 9.47 Å². The molecular formula is C22H30F2O2. The Balaban J connectivity index is 1.89. The maximum absolute atomic E-state index is 14.1. The summed E-state index contributed by atoms with van der Waals surface area (Å²) >= 11 is 0. The van der Waals surface area contributed by atoms with Crippen molar-refractivity contribution < 1.29 is 18.3 Å². The molecule has 26 heavy (non-hydrogen) atoms. The van der Waals surface area contributed by atoms with Gasteiger partial charge in [0.2, 0.25) is 11.6 Å². The summed E-state index contributed by atoms with van der Waals surface area (Å²) in [7, 11) is 0. The molecule has 0 N–H and O–H groups in total. The Hall–Kier alpha value is -1.84. The van der Waals surface area contributed by atoms with Crippen LogP contribution in [0.2, 0.25) is 0 Å². The summed E-state index contributed by atoms with van der Waals surface area (Å²) < 4.78 is 38.7. The highest BCUT2D eigenvalue weighted by Crippen LogP contribution is 2.32. The first-order valence-corrected chi connectivity index (χ1v) is 9.65. The molecule has 0 radical (unpaired) electrons. The van der Waals surface area contributed by atoms with Crippen molar-refractivity contribution in [2.75, 3.05) is 13.2 Å². The normalized spacial score (nSPS) is 16.3. The van der Waals surface area contributed by atoms with Crippen molar-refractivity contribution in [2.24, 2.45) is 5.92 Å². The van der Waals surface area contributed by atoms with Gasteiger partial charge in [0.15, 0.2) is 11.5 Å². The van der Waals surface area contributed by atoms with Crippen LogP contribution in [0.15, 0.2) is 29.9 Å². The van der Waals surface area contributed by atoms with Crippen LogP contribution >= 0.6 is 0 Å². The van der Waals surface area contributed by atoms with E-state index in [0.29, 0.717) is 24.5 Å². The lowest BCUT2D eigenvalue weighted by Crippen LogP contribution is -2.08. The average molecular weight is 364 g/mol. The fraction of sp³-hybridized carbons (Fsp3) is 0.545. The van der Waals surface area contributed by atoms with Gasteiger partial charge in [-0.15, -0.1) is 0 Å². The Labute approximate surface area is 155 Å². The first kappa shape index (κ1) is 20.5. The molecule has 0 heterocycles. The Kier molecular flexibility index (Phi) is 8.14. The maximum atomic E-state index is 14.1. The second-order valence-corrected chi connectivity index (χ2v) is 6.74. The zero-order chi connectivity index (χ0) is 18.9. The van der Waals surface area contributed by atoms with E-state index in [9.17, 15) is 8.78 Å². The van der Waals surface area contributed by atoms with Crippen LogP contribution in [0.3, 0.4) is 0 Å². The first-order valence-electron chi connectivity index (χ1n) is 9.65. The largest absolute Gasteiger partial charge is 0.490 e. The van der Waals surface area contributed by atoms with Gasteiger partial charge in [-0.25, -0.2) is 0 Å². The monoisotopic (exact) mass is 364 g/mol. The number of halogens is 2. The third kappa shape index (κ3) is 5.33. The molecule has 0 unspecified atom stereocenters. The second kappa shape index (κ2) is 10.3. The highest BCUT2D eigenvalue weighted by Gasteiger charge is 2.18. The molecule has 0 spiro atoms. The van der Waals surface area contributed by atoms with Gasteiger partial charge in [0.1, 0.15) is 0 Å². The number of aryl methyl sites for hydroxylation is 1. The number of hydrogen-bond donors (Lipinski definition) is 0. The standard InChI is InChI=1S/C22H30F2O2/c1-4-17(18-12-7-6-8-13-18)11-9-10-14-26-19-15-16(3)22(25-5-2)21(24)20(19)23/h4,9,11,15,18H,5-8,10,12-14H2,1-3H3/b11-9-,17-4+. The van der Waals surface area contributed by atoms with E-state index in [2.05, 4.69) is 25.2 Å². The van der Waals surface area contributed by atoms with Gasteiger partial charge in [0.25, 0.3) is 0 Å². The summed E-state index contributed by atoms with van der Waals surface area (Å²) in [6.07, 6.45) is 13.5. The lowest BCUT2D eigenvalue weighted by molar-refractivity contribution is 0.284. The predicted octanol–water partition coefficient (Wildman–Crippen LogP) is 6.52. The molecule has 2 rings (SSSR count). The molecule has 1 aliphatic carbocycles. The van der Waals surface area contributed by atoms with Crippen molar-refractivity contribution in [1.82, 2.24) is 0 Å². The van der Waals surface area contributed by atoms with E-state index in [0.717, 1.165) is 0 Å². The zero-order valence-electron chi connectivity index (χ0n) is 16.1. The Morgan fingerprint density at radius 3 is 2.54 bits per heavy atom.